The van der Waals surface area contributed by atoms with Crippen molar-refractivity contribution in [2.24, 2.45) is 0 Å². The smallest absolute Gasteiger partial charge is 0.254 e. The average molecular weight is 228 g/mol. The predicted molar refractivity (Wildman–Crippen MR) is 58.9 cm³/mol. The summed E-state index contributed by atoms with van der Waals surface area (Å²) in [7, 11) is 0. The summed E-state index contributed by atoms with van der Waals surface area (Å²) in [5.74, 6) is 0.337. The van der Waals surface area contributed by atoms with Gasteiger partial charge in [-0.3, -0.25) is 4.79 Å². The van der Waals surface area contributed by atoms with Crippen molar-refractivity contribution in [3.05, 3.63) is 24.3 Å². The fraction of sp³-hybridized carbons (Fsp3) is 0.500. The van der Waals surface area contributed by atoms with E-state index in [1.54, 1.807) is 0 Å². The minimum atomic E-state index is -0.311. The Kier molecular flexibility index (Phi) is 4.03. The normalized spacial score (nSPS) is 11.1. The van der Waals surface area contributed by atoms with Crippen LogP contribution in [0.4, 0.5) is 0 Å². The molecule has 82 valence electrons. The van der Waals surface area contributed by atoms with Gasteiger partial charge in [-0.25, -0.2) is 9.97 Å². The van der Waals surface area contributed by atoms with Crippen molar-refractivity contribution in [3.8, 4) is 0 Å². The molecule has 1 aromatic rings. The molecule has 1 heterocycles. The zero-order valence-electron chi connectivity index (χ0n) is 8.83. The molecule has 0 saturated carbocycles. The topological polar surface area (TPSA) is 54.9 Å². The van der Waals surface area contributed by atoms with E-state index in [2.05, 4.69) is 15.3 Å². The lowest BCUT2D eigenvalue weighted by Crippen LogP contribution is -2.43. The standard InChI is InChI=1S/C10H14ClN3O/c1-10(2,3-4-11)14-9(15)8-5-12-7-13-6-8/h5-7H,3-4H2,1-2H3,(H,14,15). The molecule has 5 heteroatoms. The molecule has 0 spiro atoms. The van der Waals surface area contributed by atoms with Crippen LogP contribution < -0.4 is 5.32 Å². The second-order valence-electron chi connectivity index (χ2n) is 3.90. The lowest BCUT2D eigenvalue weighted by atomic mass is 10.0. The van der Waals surface area contributed by atoms with Crippen LogP contribution in [0.1, 0.15) is 30.6 Å². The van der Waals surface area contributed by atoms with E-state index in [0.29, 0.717) is 17.9 Å². The summed E-state index contributed by atoms with van der Waals surface area (Å²) in [6.07, 6.45) is 5.08. The lowest BCUT2D eigenvalue weighted by Gasteiger charge is -2.25. The number of hydrogen-bond acceptors (Lipinski definition) is 3. The Morgan fingerprint density at radius 1 is 1.47 bits per heavy atom. The first-order valence-corrected chi connectivity index (χ1v) is 5.22. The summed E-state index contributed by atoms with van der Waals surface area (Å²) < 4.78 is 0. The van der Waals surface area contributed by atoms with Crippen molar-refractivity contribution >= 4 is 17.5 Å². The van der Waals surface area contributed by atoms with Crippen LogP contribution in [-0.2, 0) is 0 Å². The Morgan fingerprint density at radius 2 is 2.07 bits per heavy atom. The maximum Gasteiger partial charge on any atom is 0.254 e. The van der Waals surface area contributed by atoms with E-state index in [0.717, 1.165) is 0 Å². The highest BCUT2D eigenvalue weighted by molar-refractivity contribution is 6.17. The molecule has 0 atom stereocenters. The first-order valence-electron chi connectivity index (χ1n) is 4.69. The Morgan fingerprint density at radius 3 is 2.60 bits per heavy atom. The van der Waals surface area contributed by atoms with Crippen LogP contribution in [0.3, 0.4) is 0 Å². The summed E-state index contributed by atoms with van der Waals surface area (Å²) in [4.78, 5) is 19.3. The molecule has 0 aliphatic carbocycles. The molecule has 4 nitrogen and oxygen atoms in total. The summed E-state index contributed by atoms with van der Waals surface area (Å²) in [5, 5.41) is 2.87. The Balaban J connectivity index is 2.64. The first-order chi connectivity index (χ1) is 7.05. The number of rotatable bonds is 4. The van der Waals surface area contributed by atoms with Gasteiger partial charge in [-0.05, 0) is 20.3 Å². The van der Waals surface area contributed by atoms with Gasteiger partial charge in [0.1, 0.15) is 6.33 Å². The maximum atomic E-state index is 11.7. The molecule has 0 bridgehead atoms. The van der Waals surface area contributed by atoms with Crippen LogP contribution in [0.25, 0.3) is 0 Å². The van der Waals surface area contributed by atoms with E-state index in [4.69, 9.17) is 11.6 Å². The van der Waals surface area contributed by atoms with Gasteiger partial charge in [0.2, 0.25) is 0 Å². The quantitative estimate of drug-likeness (QED) is 0.796. The van der Waals surface area contributed by atoms with Gasteiger partial charge in [-0.1, -0.05) is 0 Å². The second kappa shape index (κ2) is 5.07. The average Bonchev–Trinajstić information content (AvgIpc) is 2.18. The maximum absolute atomic E-state index is 11.7. The molecular weight excluding hydrogens is 214 g/mol. The number of carbonyl (C=O) groups excluding carboxylic acids is 1. The van der Waals surface area contributed by atoms with Crippen molar-refractivity contribution in [1.29, 1.82) is 0 Å². The Bertz CT molecular complexity index is 327. The zero-order valence-corrected chi connectivity index (χ0v) is 9.58. The molecule has 15 heavy (non-hydrogen) atoms. The van der Waals surface area contributed by atoms with Crippen molar-refractivity contribution in [2.45, 2.75) is 25.8 Å². The molecule has 1 amide bonds. The van der Waals surface area contributed by atoms with Gasteiger partial charge in [0.05, 0.1) is 5.56 Å². The molecule has 0 aromatic carbocycles. The molecule has 1 N–H and O–H groups in total. The fourth-order valence-electron chi connectivity index (χ4n) is 1.09. The number of carbonyl (C=O) groups is 1. The summed E-state index contributed by atoms with van der Waals surface area (Å²) in [6, 6.07) is 0. The molecular formula is C10H14ClN3O. The Labute approximate surface area is 94.1 Å². The monoisotopic (exact) mass is 227 g/mol. The third kappa shape index (κ3) is 3.83. The number of nitrogens with zero attached hydrogens (tertiary/aromatic N) is 2. The molecule has 0 fully saturated rings. The number of aromatic nitrogens is 2. The van der Waals surface area contributed by atoms with Gasteiger partial charge in [0.25, 0.3) is 5.91 Å². The van der Waals surface area contributed by atoms with E-state index in [1.807, 2.05) is 13.8 Å². The van der Waals surface area contributed by atoms with Crippen LogP contribution >= 0.6 is 11.6 Å². The molecule has 0 saturated heterocycles. The van der Waals surface area contributed by atoms with Crippen LogP contribution in [-0.4, -0.2) is 27.3 Å². The highest BCUT2D eigenvalue weighted by Crippen LogP contribution is 2.10. The van der Waals surface area contributed by atoms with Crippen LogP contribution in [0, 0.1) is 0 Å². The van der Waals surface area contributed by atoms with Crippen molar-refractivity contribution in [2.75, 3.05) is 5.88 Å². The SMILES string of the molecule is CC(C)(CCCl)NC(=O)c1cncnc1. The van der Waals surface area contributed by atoms with Gasteiger partial charge in [-0.15, -0.1) is 11.6 Å². The van der Waals surface area contributed by atoms with E-state index in [1.165, 1.54) is 18.7 Å². The minimum Gasteiger partial charge on any atom is -0.347 e. The molecule has 1 aromatic heterocycles. The van der Waals surface area contributed by atoms with Crippen molar-refractivity contribution in [3.63, 3.8) is 0 Å². The summed E-state index contributed by atoms with van der Waals surface area (Å²) in [6.45, 7) is 3.86. The molecule has 0 aliphatic heterocycles. The van der Waals surface area contributed by atoms with E-state index >= 15 is 0 Å². The molecule has 1 rings (SSSR count). The van der Waals surface area contributed by atoms with E-state index in [-0.39, 0.29) is 11.4 Å². The van der Waals surface area contributed by atoms with Crippen molar-refractivity contribution < 1.29 is 4.79 Å². The highest BCUT2D eigenvalue weighted by atomic mass is 35.5. The fourth-order valence-corrected chi connectivity index (χ4v) is 1.57. The van der Waals surface area contributed by atoms with Crippen LogP contribution in [0.2, 0.25) is 0 Å². The number of alkyl halides is 1. The van der Waals surface area contributed by atoms with Gasteiger partial charge in [0, 0.05) is 23.8 Å². The number of hydrogen-bond donors (Lipinski definition) is 1. The van der Waals surface area contributed by atoms with Gasteiger partial charge in [0.15, 0.2) is 0 Å². The third-order valence-corrected chi connectivity index (χ3v) is 2.18. The third-order valence-electron chi connectivity index (χ3n) is 1.99. The summed E-state index contributed by atoms with van der Waals surface area (Å²) in [5.41, 5.74) is 0.148. The number of amides is 1. The van der Waals surface area contributed by atoms with Crippen LogP contribution in [0.15, 0.2) is 18.7 Å². The van der Waals surface area contributed by atoms with Gasteiger partial charge >= 0.3 is 0 Å². The molecule has 0 radical (unpaired) electrons. The van der Waals surface area contributed by atoms with E-state index in [9.17, 15) is 4.79 Å². The number of halogens is 1. The van der Waals surface area contributed by atoms with Gasteiger partial charge < -0.3 is 5.32 Å². The highest BCUT2D eigenvalue weighted by Gasteiger charge is 2.20. The minimum absolute atomic E-state index is 0.175. The summed E-state index contributed by atoms with van der Waals surface area (Å²) >= 11 is 5.64. The predicted octanol–water partition coefficient (Wildman–Crippen LogP) is 1.61. The molecule has 0 unspecified atom stereocenters. The Hall–Kier alpha value is -1.16. The molecule has 0 aliphatic rings. The first kappa shape index (κ1) is 11.9. The zero-order chi connectivity index (χ0) is 11.3. The van der Waals surface area contributed by atoms with Crippen LogP contribution in [0.5, 0.6) is 0 Å². The number of nitrogens with one attached hydrogen (secondary N) is 1. The largest absolute Gasteiger partial charge is 0.347 e. The second-order valence-corrected chi connectivity index (χ2v) is 4.28. The van der Waals surface area contributed by atoms with E-state index < -0.39 is 0 Å². The van der Waals surface area contributed by atoms with Gasteiger partial charge in [-0.2, -0.15) is 0 Å². The van der Waals surface area contributed by atoms with Crippen molar-refractivity contribution in [1.82, 2.24) is 15.3 Å². The lowest BCUT2D eigenvalue weighted by molar-refractivity contribution is 0.0911.